The highest BCUT2D eigenvalue weighted by molar-refractivity contribution is 7.11. The van der Waals surface area contributed by atoms with Gasteiger partial charge in [-0.15, -0.1) is 11.3 Å². The van der Waals surface area contributed by atoms with Crippen molar-refractivity contribution in [3.8, 4) is 0 Å². The molecule has 2 fully saturated rings. The maximum Gasteiger partial charge on any atom is 0.225 e. The summed E-state index contributed by atoms with van der Waals surface area (Å²) < 4.78 is 0. The molecule has 0 bridgehead atoms. The van der Waals surface area contributed by atoms with Crippen molar-refractivity contribution >= 4 is 23.2 Å². The van der Waals surface area contributed by atoms with E-state index in [0.29, 0.717) is 5.91 Å². The van der Waals surface area contributed by atoms with Gasteiger partial charge in [0.25, 0.3) is 0 Å². The van der Waals surface area contributed by atoms with E-state index in [2.05, 4.69) is 5.32 Å². The summed E-state index contributed by atoms with van der Waals surface area (Å²) >= 11 is 1.77. The summed E-state index contributed by atoms with van der Waals surface area (Å²) in [6, 6.07) is -0.0220. The van der Waals surface area contributed by atoms with Crippen LogP contribution >= 0.6 is 11.3 Å². The van der Waals surface area contributed by atoms with E-state index in [1.807, 2.05) is 11.8 Å². The fourth-order valence-corrected chi connectivity index (χ4v) is 5.90. The number of thiazole rings is 1. The molecule has 5 nitrogen and oxygen atoms in total. The molecule has 1 saturated heterocycles. The van der Waals surface area contributed by atoms with Gasteiger partial charge in [0.2, 0.25) is 11.8 Å². The van der Waals surface area contributed by atoms with Gasteiger partial charge >= 0.3 is 0 Å². The predicted molar refractivity (Wildman–Crippen MR) is 107 cm³/mol. The van der Waals surface area contributed by atoms with Crippen LogP contribution in [0.2, 0.25) is 0 Å². The van der Waals surface area contributed by atoms with Crippen molar-refractivity contribution in [3.05, 3.63) is 15.6 Å². The molecular formula is C21H31N3O2S. The number of nitrogens with zero attached hydrogens (tertiary/aromatic N) is 2. The first-order valence-electron chi connectivity index (χ1n) is 10.7. The second-order valence-electron chi connectivity index (χ2n) is 8.44. The predicted octanol–water partition coefficient (Wildman–Crippen LogP) is 3.63. The molecule has 0 spiro atoms. The number of hydrogen-bond acceptors (Lipinski definition) is 4. The molecule has 2 aliphatic carbocycles. The van der Waals surface area contributed by atoms with Crippen molar-refractivity contribution in [2.75, 3.05) is 13.1 Å². The van der Waals surface area contributed by atoms with E-state index >= 15 is 0 Å². The van der Waals surface area contributed by atoms with Crippen LogP contribution in [0.15, 0.2) is 0 Å². The molecule has 4 rings (SSSR count). The van der Waals surface area contributed by atoms with Crippen molar-refractivity contribution in [2.24, 2.45) is 11.8 Å². The molecule has 1 N–H and O–H groups in total. The highest BCUT2D eigenvalue weighted by atomic mass is 32.1. The average molecular weight is 390 g/mol. The highest BCUT2D eigenvalue weighted by Crippen LogP contribution is 2.31. The van der Waals surface area contributed by atoms with Gasteiger partial charge < -0.3 is 10.2 Å². The Bertz CT molecular complexity index is 664. The van der Waals surface area contributed by atoms with Crippen molar-refractivity contribution in [1.29, 1.82) is 0 Å². The van der Waals surface area contributed by atoms with Crippen LogP contribution in [0.5, 0.6) is 0 Å². The summed E-state index contributed by atoms with van der Waals surface area (Å²) in [6.07, 6.45) is 10.8. The quantitative estimate of drug-likeness (QED) is 0.855. The van der Waals surface area contributed by atoms with E-state index in [0.717, 1.165) is 56.6 Å². The monoisotopic (exact) mass is 389 g/mol. The van der Waals surface area contributed by atoms with E-state index in [9.17, 15) is 9.59 Å². The number of likely N-dealkylation sites (tertiary alicyclic amines) is 1. The van der Waals surface area contributed by atoms with Gasteiger partial charge in [-0.25, -0.2) is 4.98 Å². The molecule has 1 aromatic rings. The number of hydrogen-bond donors (Lipinski definition) is 1. The average Bonchev–Trinajstić information content (AvgIpc) is 3.37. The Kier molecular flexibility index (Phi) is 5.81. The molecule has 0 radical (unpaired) electrons. The summed E-state index contributed by atoms with van der Waals surface area (Å²) in [5.74, 6) is 0.720. The number of piperidine rings is 1. The van der Waals surface area contributed by atoms with Gasteiger partial charge in [-0.05, 0) is 58.3 Å². The number of amides is 2. The van der Waals surface area contributed by atoms with Crippen LogP contribution in [0.1, 0.15) is 79.9 Å². The molecule has 1 saturated carbocycles. The van der Waals surface area contributed by atoms with Crippen LogP contribution in [0.4, 0.5) is 0 Å². The van der Waals surface area contributed by atoms with E-state index in [4.69, 9.17) is 4.98 Å². The Balaban J connectivity index is 1.27. The number of nitrogens with one attached hydrogen (secondary N) is 1. The standard InChI is InChI=1S/C21H31N3O2S/c1-14(20-23-17-8-4-5-9-18(17)27-20)22-19(25)15-10-12-24(13-11-15)21(26)16-6-2-3-7-16/h14-16H,2-13H2,1H3,(H,22,25)/t14-/m1/s1. The summed E-state index contributed by atoms with van der Waals surface area (Å²) in [5, 5.41) is 4.23. The molecule has 2 heterocycles. The Morgan fingerprint density at radius 1 is 1.04 bits per heavy atom. The fraction of sp³-hybridized carbons (Fsp3) is 0.762. The number of aromatic nitrogens is 1. The first kappa shape index (κ1) is 18.9. The minimum absolute atomic E-state index is 0.0220. The van der Waals surface area contributed by atoms with Gasteiger partial charge in [-0.3, -0.25) is 9.59 Å². The van der Waals surface area contributed by atoms with Crippen molar-refractivity contribution in [1.82, 2.24) is 15.2 Å². The van der Waals surface area contributed by atoms with Gasteiger partial charge in [0.15, 0.2) is 0 Å². The Hall–Kier alpha value is -1.43. The third-order valence-corrected chi connectivity index (χ3v) is 7.81. The second-order valence-corrected chi connectivity index (χ2v) is 9.56. The topological polar surface area (TPSA) is 62.3 Å². The number of carbonyl (C=O) groups excluding carboxylic acids is 2. The SMILES string of the molecule is C[C@@H](NC(=O)C1CCN(C(=O)C2CCCC2)CC1)c1nc2c(s1)CCCC2. The maximum atomic E-state index is 12.7. The summed E-state index contributed by atoms with van der Waals surface area (Å²) in [5.41, 5.74) is 1.25. The van der Waals surface area contributed by atoms with E-state index < -0.39 is 0 Å². The number of carbonyl (C=O) groups is 2. The van der Waals surface area contributed by atoms with E-state index in [-0.39, 0.29) is 23.8 Å². The fourth-order valence-electron chi connectivity index (χ4n) is 4.74. The third-order valence-electron chi connectivity index (χ3n) is 6.47. The Morgan fingerprint density at radius 2 is 1.74 bits per heavy atom. The van der Waals surface area contributed by atoms with Gasteiger partial charge in [-0.2, -0.15) is 0 Å². The molecule has 0 unspecified atom stereocenters. The number of rotatable bonds is 4. The molecule has 1 atom stereocenters. The molecule has 1 aliphatic heterocycles. The second kappa shape index (κ2) is 8.29. The van der Waals surface area contributed by atoms with E-state index in [1.165, 1.54) is 36.3 Å². The Labute approximate surface area is 165 Å². The summed E-state index contributed by atoms with van der Waals surface area (Å²) in [7, 11) is 0. The number of aryl methyl sites for hydroxylation is 2. The lowest BCUT2D eigenvalue weighted by molar-refractivity contribution is -0.139. The van der Waals surface area contributed by atoms with Crippen LogP contribution in [-0.4, -0.2) is 34.8 Å². The molecule has 27 heavy (non-hydrogen) atoms. The highest BCUT2D eigenvalue weighted by Gasteiger charge is 2.32. The smallest absolute Gasteiger partial charge is 0.225 e. The maximum absolute atomic E-state index is 12.7. The van der Waals surface area contributed by atoms with Crippen LogP contribution in [0.3, 0.4) is 0 Å². The minimum Gasteiger partial charge on any atom is -0.347 e. The zero-order valence-corrected chi connectivity index (χ0v) is 17.2. The zero-order chi connectivity index (χ0) is 18.8. The molecule has 6 heteroatoms. The first-order valence-corrected chi connectivity index (χ1v) is 11.5. The molecule has 1 aromatic heterocycles. The van der Waals surface area contributed by atoms with Crippen molar-refractivity contribution < 1.29 is 9.59 Å². The van der Waals surface area contributed by atoms with Crippen LogP contribution in [-0.2, 0) is 22.4 Å². The van der Waals surface area contributed by atoms with Crippen LogP contribution in [0, 0.1) is 11.8 Å². The van der Waals surface area contributed by atoms with E-state index in [1.54, 1.807) is 11.3 Å². The largest absolute Gasteiger partial charge is 0.347 e. The van der Waals surface area contributed by atoms with Gasteiger partial charge in [-0.1, -0.05) is 12.8 Å². The summed E-state index contributed by atoms with van der Waals surface area (Å²) in [6.45, 7) is 3.50. The van der Waals surface area contributed by atoms with Gasteiger partial charge in [0, 0.05) is 29.8 Å². The lowest BCUT2D eigenvalue weighted by Crippen LogP contribution is -2.45. The molecule has 0 aromatic carbocycles. The minimum atomic E-state index is -0.0220. The van der Waals surface area contributed by atoms with Crippen molar-refractivity contribution in [3.63, 3.8) is 0 Å². The van der Waals surface area contributed by atoms with Gasteiger partial charge in [0.1, 0.15) is 5.01 Å². The summed E-state index contributed by atoms with van der Waals surface area (Å²) in [4.78, 5) is 33.5. The molecular weight excluding hydrogens is 358 g/mol. The van der Waals surface area contributed by atoms with Crippen LogP contribution in [0.25, 0.3) is 0 Å². The normalized spacial score (nSPS) is 22.5. The van der Waals surface area contributed by atoms with Gasteiger partial charge in [0.05, 0.1) is 11.7 Å². The zero-order valence-electron chi connectivity index (χ0n) is 16.3. The molecule has 2 amide bonds. The lowest BCUT2D eigenvalue weighted by Gasteiger charge is -2.33. The van der Waals surface area contributed by atoms with Crippen LogP contribution < -0.4 is 5.32 Å². The molecule has 148 valence electrons. The first-order chi connectivity index (χ1) is 13.1. The lowest BCUT2D eigenvalue weighted by atomic mass is 9.94. The number of fused-ring (bicyclic) bond motifs is 1. The molecule has 3 aliphatic rings. The Morgan fingerprint density at radius 3 is 2.44 bits per heavy atom. The third kappa shape index (κ3) is 4.20. The van der Waals surface area contributed by atoms with Crippen molar-refractivity contribution in [2.45, 2.75) is 77.2 Å².